The first-order valence-electron chi connectivity index (χ1n) is 6.63. The summed E-state index contributed by atoms with van der Waals surface area (Å²) in [6.07, 6.45) is 3.28. The number of carbonyl (C=O) groups excluding carboxylic acids is 2. The van der Waals surface area contributed by atoms with E-state index in [1.807, 2.05) is 20.8 Å². The van der Waals surface area contributed by atoms with E-state index in [1.54, 1.807) is 0 Å². The zero-order valence-corrected chi connectivity index (χ0v) is 11.3. The van der Waals surface area contributed by atoms with Gasteiger partial charge in [-0.3, -0.25) is 4.79 Å². The van der Waals surface area contributed by atoms with Crippen molar-refractivity contribution in [2.24, 2.45) is 5.92 Å². The smallest absolute Gasteiger partial charge is 0.407 e. The Morgan fingerprint density at radius 3 is 2.11 bits per heavy atom. The van der Waals surface area contributed by atoms with Crippen molar-refractivity contribution in [2.45, 2.75) is 64.1 Å². The second-order valence-electron chi connectivity index (χ2n) is 6.29. The van der Waals surface area contributed by atoms with E-state index >= 15 is 0 Å². The van der Waals surface area contributed by atoms with Crippen LogP contribution in [0.1, 0.15) is 46.5 Å². The molecule has 0 atom stereocenters. The van der Waals surface area contributed by atoms with E-state index in [0.717, 1.165) is 25.7 Å². The van der Waals surface area contributed by atoms with Gasteiger partial charge in [0, 0.05) is 18.0 Å². The van der Waals surface area contributed by atoms with Crippen LogP contribution in [0.3, 0.4) is 0 Å². The van der Waals surface area contributed by atoms with E-state index in [1.165, 1.54) is 0 Å². The Morgan fingerprint density at radius 1 is 1.06 bits per heavy atom. The van der Waals surface area contributed by atoms with Gasteiger partial charge in [-0.2, -0.15) is 0 Å². The molecule has 0 unspecified atom stereocenters. The Hall–Kier alpha value is -1.26. The second kappa shape index (κ2) is 4.78. The molecule has 0 aromatic heterocycles. The minimum Gasteiger partial charge on any atom is -0.444 e. The molecule has 0 aromatic carbocycles. The summed E-state index contributed by atoms with van der Waals surface area (Å²) in [5, 5.41) is 5.81. The molecule has 0 aliphatic heterocycles. The van der Waals surface area contributed by atoms with Gasteiger partial charge in [0.25, 0.3) is 0 Å². The van der Waals surface area contributed by atoms with Crippen LogP contribution in [0.5, 0.6) is 0 Å². The quantitative estimate of drug-likeness (QED) is 0.803. The number of nitrogens with one attached hydrogen (secondary N) is 2. The monoisotopic (exact) mass is 254 g/mol. The van der Waals surface area contributed by atoms with Crippen LogP contribution < -0.4 is 10.6 Å². The number of rotatable bonds is 3. The van der Waals surface area contributed by atoms with Gasteiger partial charge in [-0.05, 0) is 46.5 Å². The predicted octanol–water partition coefficient (Wildman–Crippen LogP) is 1.57. The van der Waals surface area contributed by atoms with Gasteiger partial charge in [0.2, 0.25) is 5.91 Å². The highest BCUT2D eigenvalue weighted by molar-refractivity contribution is 5.81. The van der Waals surface area contributed by atoms with Crippen molar-refractivity contribution < 1.29 is 14.3 Å². The van der Waals surface area contributed by atoms with Crippen LogP contribution in [0.4, 0.5) is 4.79 Å². The number of hydrogen-bond donors (Lipinski definition) is 2. The number of hydrogen-bond acceptors (Lipinski definition) is 3. The SMILES string of the molecule is CC(C)(C)OC(=O)N[C@H]1C[C@H](NC(=O)C2CC2)C1. The van der Waals surface area contributed by atoms with Gasteiger partial charge in [-0.1, -0.05) is 0 Å². The molecule has 0 radical (unpaired) electrons. The lowest BCUT2D eigenvalue weighted by Gasteiger charge is -2.36. The fraction of sp³-hybridized carbons (Fsp3) is 0.846. The van der Waals surface area contributed by atoms with Crippen LogP contribution in [0, 0.1) is 5.92 Å². The van der Waals surface area contributed by atoms with Crippen molar-refractivity contribution in [1.29, 1.82) is 0 Å². The van der Waals surface area contributed by atoms with E-state index in [9.17, 15) is 9.59 Å². The summed E-state index contributed by atoms with van der Waals surface area (Å²) in [6.45, 7) is 5.52. The summed E-state index contributed by atoms with van der Waals surface area (Å²) >= 11 is 0. The van der Waals surface area contributed by atoms with Crippen molar-refractivity contribution >= 4 is 12.0 Å². The zero-order valence-electron chi connectivity index (χ0n) is 11.3. The third kappa shape index (κ3) is 3.89. The Morgan fingerprint density at radius 2 is 1.61 bits per heavy atom. The van der Waals surface area contributed by atoms with Crippen LogP contribution in [-0.2, 0) is 9.53 Å². The molecule has 102 valence electrons. The van der Waals surface area contributed by atoms with Crippen molar-refractivity contribution in [2.75, 3.05) is 0 Å². The lowest BCUT2D eigenvalue weighted by molar-refractivity contribution is -0.123. The fourth-order valence-electron chi connectivity index (χ4n) is 1.99. The molecule has 2 aliphatic rings. The Labute approximate surface area is 108 Å². The van der Waals surface area contributed by atoms with Crippen molar-refractivity contribution in [1.82, 2.24) is 10.6 Å². The molecule has 2 amide bonds. The normalized spacial score (nSPS) is 27.1. The van der Waals surface area contributed by atoms with Gasteiger partial charge < -0.3 is 15.4 Å². The summed E-state index contributed by atoms with van der Waals surface area (Å²) in [6, 6.07) is 0.349. The maximum atomic E-state index is 11.5. The first-order chi connectivity index (χ1) is 8.33. The molecule has 2 saturated carbocycles. The van der Waals surface area contributed by atoms with Crippen molar-refractivity contribution in [3.63, 3.8) is 0 Å². The lowest BCUT2D eigenvalue weighted by atomic mass is 9.86. The largest absolute Gasteiger partial charge is 0.444 e. The van der Waals surface area contributed by atoms with Gasteiger partial charge in [-0.25, -0.2) is 4.79 Å². The predicted molar refractivity (Wildman–Crippen MR) is 67.0 cm³/mol. The third-order valence-electron chi connectivity index (χ3n) is 3.15. The highest BCUT2D eigenvalue weighted by Gasteiger charge is 2.36. The molecule has 0 bridgehead atoms. The molecule has 0 saturated heterocycles. The summed E-state index contributed by atoms with van der Waals surface area (Å²) in [5.74, 6) is 0.429. The standard InChI is InChI=1S/C13H22N2O3/c1-13(2,3)18-12(17)15-10-6-9(7-10)14-11(16)8-4-5-8/h8-10H,4-7H2,1-3H3,(H,14,16)(H,15,17)/t9-,10-. The van der Waals surface area contributed by atoms with Crippen LogP contribution in [0.25, 0.3) is 0 Å². The summed E-state index contributed by atoms with van der Waals surface area (Å²) in [5.41, 5.74) is -0.465. The number of carbonyl (C=O) groups is 2. The maximum absolute atomic E-state index is 11.5. The van der Waals surface area contributed by atoms with Gasteiger partial charge in [0.15, 0.2) is 0 Å². The van der Waals surface area contributed by atoms with E-state index < -0.39 is 5.60 Å². The lowest BCUT2D eigenvalue weighted by Crippen LogP contribution is -2.54. The molecule has 0 aromatic rings. The fourth-order valence-corrected chi connectivity index (χ4v) is 1.99. The average molecular weight is 254 g/mol. The maximum Gasteiger partial charge on any atom is 0.407 e. The van der Waals surface area contributed by atoms with Crippen LogP contribution in [0.15, 0.2) is 0 Å². The molecular weight excluding hydrogens is 232 g/mol. The number of amides is 2. The molecule has 5 heteroatoms. The molecule has 0 spiro atoms. The second-order valence-corrected chi connectivity index (χ2v) is 6.29. The van der Waals surface area contributed by atoms with Gasteiger partial charge >= 0.3 is 6.09 Å². The number of ether oxygens (including phenoxy) is 1. The highest BCUT2D eigenvalue weighted by atomic mass is 16.6. The van der Waals surface area contributed by atoms with E-state index in [2.05, 4.69) is 10.6 Å². The van der Waals surface area contributed by atoms with Gasteiger partial charge in [0.1, 0.15) is 5.60 Å². The Balaban J connectivity index is 1.60. The Kier molecular flexibility index (Phi) is 3.50. The molecular formula is C13H22N2O3. The minimum atomic E-state index is -0.465. The van der Waals surface area contributed by atoms with Crippen LogP contribution >= 0.6 is 0 Å². The molecule has 18 heavy (non-hydrogen) atoms. The van der Waals surface area contributed by atoms with Crippen LogP contribution in [-0.4, -0.2) is 29.7 Å². The third-order valence-corrected chi connectivity index (χ3v) is 3.15. The number of alkyl carbamates (subject to hydrolysis) is 1. The van der Waals surface area contributed by atoms with Crippen molar-refractivity contribution in [3.8, 4) is 0 Å². The van der Waals surface area contributed by atoms with Gasteiger partial charge in [0.05, 0.1) is 0 Å². The molecule has 2 fully saturated rings. The first kappa shape index (κ1) is 13.2. The van der Waals surface area contributed by atoms with Gasteiger partial charge in [-0.15, -0.1) is 0 Å². The zero-order chi connectivity index (χ0) is 13.3. The van der Waals surface area contributed by atoms with Crippen molar-refractivity contribution in [3.05, 3.63) is 0 Å². The molecule has 2 N–H and O–H groups in total. The minimum absolute atomic E-state index is 0.129. The molecule has 5 nitrogen and oxygen atoms in total. The molecule has 0 heterocycles. The Bertz CT molecular complexity index is 339. The van der Waals surface area contributed by atoms with E-state index in [0.29, 0.717) is 0 Å². The molecule has 2 rings (SSSR count). The first-order valence-corrected chi connectivity index (χ1v) is 6.63. The average Bonchev–Trinajstić information content (AvgIpc) is 2.93. The van der Waals surface area contributed by atoms with E-state index in [4.69, 9.17) is 4.74 Å². The summed E-state index contributed by atoms with van der Waals surface area (Å²) in [4.78, 5) is 23.0. The van der Waals surface area contributed by atoms with Crippen LogP contribution in [0.2, 0.25) is 0 Å². The molecule has 2 aliphatic carbocycles. The van der Waals surface area contributed by atoms with E-state index in [-0.39, 0.29) is 30.0 Å². The summed E-state index contributed by atoms with van der Waals surface area (Å²) < 4.78 is 5.17. The topological polar surface area (TPSA) is 67.4 Å². The highest BCUT2D eigenvalue weighted by Crippen LogP contribution is 2.30. The summed E-state index contributed by atoms with van der Waals surface area (Å²) in [7, 11) is 0.